The fraction of sp³-hybridized carbons (Fsp3) is 0.833. The van der Waals surface area contributed by atoms with E-state index in [1.54, 1.807) is 0 Å². The molecule has 0 aromatic heterocycles. The largest absolute Gasteiger partial charge is 0.394 e. The number of aliphatic hydroxyl groups excluding tert-OH is 5. The van der Waals surface area contributed by atoms with Gasteiger partial charge in [0.15, 0.2) is 6.29 Å². The summed E-state index contributed by atoms with van der Waals surface area (Å²) in [6, 6.07) is 0. The SMILES string of the molecule is O=C[C@H](O)[C@@H](O)[C@H](O)[C@H](O)CO.[Fe]. The van der Waals surface area contributed by atoms with Gasteiger partial charge in [0.05, 0.1) is 6.61 Å². The fourth-order valence-corrected chi connectivity index (χ4v) is 0.618. The molecule has 0 saturated heterocycles. The van der Waals surface area contributed by atoms with E-state index < -0.39 is 31.0 Å². The Hall–Kier alpha value is -0.0105. The summed E-state index contributed by atoms with van der Waals surface area (Å²) in [4.78, 5) is 9.90. The standard InChI is InChI=1S/C6H12O6.Fe/c7-1-3(9)5(11)6(12)4(10)2-8;/h1,3-6,8-12H,2H2;/t3-,4+,5+,6+;/m0./s1. The van der Waals surface area contributed by atoms with Crippen molar-refractivity contribution in [1.29, 1.82) is 0 Å². The molecule has 0 heterocycles. The first-order chi connectivity index (χ1) is 5.54. The van der Waals surface area contributed by atoms with E-state index >= 15 is 0 Å². The van der Waals surface area contributed by atoms with E-state index in [9.17, 15) is 4.79 Å². The molecule has 0 aromatic carbocycles. The van der Waals surface area contributed by atoms with E-state index in [2.05, 4.69) is 0 Å². The third kappa shape index (κ3) is 4.68. The second-order valence-corrected chi connectivity index (χ2v) is 2.36. The maximum atomic E-state index is 9.90. The molecule has 0 radical (unpaired) electrons. The van der Waals surface area contributed by atoms with Crippen LogP contribution in [0.3, 0.4) is 0 Å². The van der Waals surface area contributed by atoms with Gasteiger partial charge >= 0.3 is 0 Å². The van der Waals surface area contributed by atoms with Gasteiger partial charge in [0.2, 0.25) is 0 Å². The maximum absolute atomic E-state index is 9.90. The van der Waals surface area contributed by atoms with Crippen molar-refractivity contribution in [2.24, 2.45) is 0 Å². The molecule has 0 aliphatic rings. The van der Waals surface area contributed by atoms with Gasteiger partial charge in [-0.15, -0.1) is 0 Å². The van der Waals surface area contributed by atoms with E-state index in [0.717, 1.165) is 0 Å². The van der Waals surface area contributed by atoms with Crippen LogP contribution in [-0.2, 0) is 21.9 Å². The molecular weight excluding hydrogens is 224 g/mol. The number of aldehydes is 1. The number of carbonyl (C=O) groups excluding carboxylic acids is 1. The Morgan fingerprint density at radius 2 is 1.54 bits per heavy atom. The number of hydrogen-bond donors (Lipinski definition) is 5. The van der Waals surface area contributed by atoms with Gasteiger partial charge in [-0.3, -0.25) is 0 Å². The first kappa shape index (κ1) is 15.5. The second kappa shape index (κ2) is 7.40. The molecule has 0 saturated carbocycles. The Balaban J connectivity index is 0. The van der Waals surface area contributed by atoms with E-state index in [4.69, 9.17) is 25.5 Å². The number of hydrogen-bond acceptors (Lipinski definition) is 6. The minimum absolute atomic E-state index is 0. The van der Waals surface area contributed by atoms with Gasteiger partial charge < -0.3 is 30.3 Å². The van der Waals surface area contributed by atoms with Gasteiger partial charge in [0.25, 0.3) is 0 Å². The molecule has 80 valence electrons. The van der Waals surface area contributed by atoms with Crippen molar-refractivity contribution in [3.63, 3.8) is 0 Å². The average molecular weight is 236 g/mol. The Morgan fingerprint density at radius 3 is 1.85 bits per heavy atom. The molecule has 0 bridgehead atoms. The molecule has 0 spiro atoms. The summed E-state index contributed by atoms with van der Waals surface area (Å²) in [7, 11) is 0. The van der Waals surface area contributed by atoms with Crippen LogP contribution >= 0.6 is 0 Å². The van der Waals surface area contributed by atoms with Crippen LogP contribution in [0.5, 0.6) is 0 Å². The topological polar surface area (TPSA) is 118 Å². The smallest absolute Gasteiger partial charge is 0.151 e. The molecule has 7 heteroatoms. The van der Waals surface area contributed by atoms with Crippen molar-refractivity contribution < 1.29 is 47.4 Å². The van der Waals surface area contributed by atoms with Crippen molar-refractivity contribution in [2.75, 3.05) is 6.61 Å². The summed E-state index contributed by atoms with van der Waals surface area (Å²) in [5.74, 6) is 0. The molecule has 0 fully saturated rings. The van der Waals surface area contributed by atoms with E-state index in [0.29, 0.717) is 0 Å². The number of rotatable bonds is 5. The van der Waals surface area contributed by atoms with Crippen molar-refractivity contribution in [1.82, 2.24) is 0 Å². The van der Waals surface area contributed by atoms with Crippen molar-refractivity contribution in [3.8, 4) is 0 Å². The Kier molecular flexibility index (Phi) is 8.80. The van der Waals surface area contributed by atoms with Crippen molar-refractivity contribution >= 4 is 6.29 Å². The molecule has 0 aromatic rings. The van der Waals surface area contributed by atoms with Crippen LogP contribution in [0.1, 0.15) is 0 Å². The summed E-state index contributed by atoms with van der Waals surface area (Å²) < 4.78 is 0. The average Bonchev–Trinajstić information content (AvgIpc) is 2.12. The first-order valence-corrected chi connectivity index (χ1v) is 3.33. The van der Waals surface area contributed by atoms with Crippen molar-refractivity contribution in [2.45, 2.75) is 24.4 Å². The second-order valence-electron chi connectivity index (χ2n) is 2.36. The summed E-state index contributed by atoms with van der Waals surface area (Å²) >= 11 is 0. The molecule has 5 N–H and O–H groups in total. The first-order valence-electron chi connectivity index (χ1n) is 3.33. The van der Waals surface area contributed by atoms with Gasteiger partial charge in [-0.2, -0.15) is 0 Å². The normalized spacial score (nSPS) is 19.5. The Bertz CT molecular complexity index is 143. The molecule has 0 amide bonds. The quantitative estimate of drug-likeness (QED) is 0.251. The number of carbonyl (C=O) groups is 1. The molecular formula is C6H12FeO6. The number of aliphatic hydroxyl groups is 5. The van der Waals surface area contributed by atoms with Gasteiger partial charge in [0, 0.05) is 17.1 Å². The summed E-state index contributed by atoms with van der Waals surface area (Å²) in [6.07, 6.45) is -6.84. The zero-order valence-electron chi connectivity index (χ0n) is 6.59. The van der Waals surface area contributed by atoms with Crippen LogP contribution in [0.4, 0.5) is 0 Å². The van der Waals surface area contributed by atoms with Crippen LogP contribution in [0.15, 0.2) is 0 Å². The third-order valence-electron chi connectivity index (χ3n) is 1.42. The van der Waals surface area contributed by atoms with Crippen LogP contribution in [0, 0.1) is 0 Å². The van der Waals surface area contributed by atoms with Crippen LogP contribution < -0.4 is 0 Å². The molecule has 0 aliphatic heterocycles. The fourth-order valence-electron chi connectivity index (χ4n) is 0.618. The van der Waals surface area contributed by atoms with E-state index in [1.165, 1.54) is 0 Å². The van der Waals surface area contributed by atoms with Gasteiger partial charge in [-0.25, -0.2) is 0 Å². The zero-order chi connectivity index (χ0) is 9.72. The Morgan fingerprint density at radius 1 is 1.08 bits per heavy atom. The molecule has 0 unspecified atom stereocenters. The molecule has 0 aliphatic carbocycles. The molecule has 6 nitrogen and oxygen atoms in total. The van der Waals surface area contributed by atoms with Crippen molar-refractivity contribution in [3.05, 3.63) is 0 Å². The van der Waals surface area contributed by atoms with Crippen LogP contribution in [-0.4, -0.2) is 62.8 Å². The van der Waals surface area contributed by atoms with Gasteiger partial charge in [-0.1, -0.05) is 0 Å². The van der Waals surface area contributed by atoms with Crippen LogP contribution in [0.2, 0.25) is 0 Å². The predicted octanol–water partition coefficient (Wildman–Crippen LogP) is -3.38. The third-order valence-corrected chi connectivity index (χ3v) is 1.42. The molecule has 0 rings (SSSR count). The summed E-state index contributed by atoms with van der Waals surface area (Å²) in [6.45, 7) is -0.760. The summed E-state index contributed by atoms with van der Waals surface area (Å²) in [5.41, 5.74) is 0. The Labute approximate surface area is 85.3 Å². The van der Waals surface area contributed by atoms with Gasteiger partial charge in [0.1, 0.15) is 24.4 Å². The zero-order valence-corrected chi connectivity index (χ0v) is 7.70. The molecule has 13 heavy (non-hydrogen) atoms. The predicted molar refractivity (Wildman–Crippen MR) is 37.2 cm³/mol. The minimum atomic E-state index is -1.79. The van der Waals surface area contributed by atoms with E-state index in [-0.39, 0.29) is 23.4 Å². The minimum Gasteiger partial charge on any atom is -0.394 e. The van der Waals surface area contributed by atoms with Gasteiger partial charge in [-0.05, 0) is 0 Å². The van der Waals surface area contributed by atoms with Crippen LogP contribution in [0.25, 0.3) is 0 Å². The monoisotopic (exact) mass is 236 g/mol. The summed E-state index contributed by atoms with van der Waals surface area (Å²) in [5, 5.41) is 43.5. The molecule has 4 atom stereocenters. The maximum Gasteiger partial charge on any atom is 0.151 e. The van der Waals surface area contributed by atoms with E-state index in [1.807, 2.05) is 0 Å².